The Hall–Kier alpha value is -1.84. The molecule has 1 atom stereocenters. The van der Waals surface area contributed by atoms with Crippen molar-refractivity contribution in [2.24, 2.45) is 0 Å². The normalized spacial score (nSPS) is 13.7. The quantitative estimate of drug-likeness (QED) is 0.786. The highest BCUT2D eigenvalue weighted by atomic mass is 16.4. The van der Waals surface area contributed by atoms with Crippen LogP contribution in [-0.2, 0) is 15.1 Å². The Bertz CT molecular complexity index is 444. The summed E-state index contributed by atoms with van der Waals surface area (Å²) in [6.45, 7) is 5.75. The first kappa shape index (κ1) is 14.2. The summed E-state index contributed by atoms with van der Waals surface area (Å²) in [6, 6.07) is 7.26. The largest absolute Gasteiger partial charge is 0.479 e. The predicted octanol–water partition coefficient (Wildman–Crippen LogP) is 2.16. The molecular weight excluding hydrogens is 230 g/mol. The van der Waals surface area contributed by atoms with Crippen molar-refractivity contribution in [3.05, 3.63) is 35.4 Å². The molecule has 1 amide bonds. The summed E-state index contributed by atoms with van der Waals surface area (Å²) in [6.07, 6.45) is 1.33. The fourth-order valence-electron chi connectivity index (χ4n) is 2.13. The third kappa shape index (κ3) is 2.37. The zero-order valence-electron chi connectivity index (χ0n) is 11.0. The topological polar surface area (TPSA) is 57.6 Å². The maximum absolute atomic E-state index is 11.6. The maximum atomic E-state index is 11.6. The lowest BCUT2D eigenvalue weighted by Gasteiger charge is -2.36. The standard InChI is InChI=1S/C14H19NO3/c1-4-9-15(10-16)14(3,13(17)18)12-8-6-5-7-11(12)2/h5-8,10H,4,9H2,1-3H3,(H,17,18). The molecule has 0 saturated carbocycles. The molecule has 0 aliphatic heterocycles. The second-order valence-electron chi connectivity index (χ2n) is 4.49. The molecule has 0 fully saturated rings. The Labute approximate surface area is 107 Å². The van der Waals surface area contributed by atoms with Gasteiger partial charge in [0.1, 0.15) is 0 Å². The number of aryl methyl sites for hydroxylation is 1. The maximum Gasteiger partial charge on any atom is 0.334 e. The summed E-state index contributed by atoms with van der Waals surface area (Å²) in [5.41, 5.74) is 0.201. The van der Waals surface area contributed by atoms with E-state index in [9.17, 15) is 14.7 Å². The van der Waals surface area contributed by atoms with Gasteiger partial charge in [0, 0.05) is 6.54 Å². The van der Waals surface area contributed by atoms with Crippen molar-refractivity contribution in [1.29, 1.82) is 0 Å². The SMILES string of the molecule is CCCN(C=O)C(C)(C(=O)O)c1ccccc1C. The van der Waals surface area contributed by atoms with Gasteiger partial charge in [0.15, 0.2) is 5.54 Å². The van der Waals surface area contributed by atoms with Gasteiger partial charge in [-0.1, -0.05) is 31.2 Å². The highest BCUT2D eigenvalue weighted by molar-refractivity contribution is 5.83. The lowest BCUT2D eigenvalue weighted by molar-refractivity contribution is -0.155. The Morgan fingerprint density at radius 3 is 2.50 bits per heavy atom. The van der Waals surface area contributed by atoms with Crippen LogP contribution >= 0.6 is 0 Å². The van der Waals surface area contributed by atoms with Crippen molar-refractivity contribution in [2.45, 2.75) is 32.7 Å². The van der Waals surface area contributed by atoms with Crippen LogP contribution in [0.1, 0.15) is 31.4 Å². The van der Waals surface area contributed by atoms with Crippen LogP contribution in [0, 0.1) is 6.92 Å². The Balaban J connectivity index is 3.35. The van der Waals surface area contributed by atoms with Gasteiger partial charge in [0.2, 0.25) is 6.41 Å². The molecule has 4 nitrogen and oxygen atoms in total. The van der Waals surface area contributed by atoms with Gasteiger partial charge in [0.05, 0.1) is 0 Å². The minimum absolute atomic E-state index is 0.417. The highest BCUT2D eigenvalue weighted by Crippen LogP contribution is 2.30. The molecule has 0 spiro atoms. The molecule has 0 aliphatic rings. The van der Waals surface area contributed by atoms with Crippen LogP contribution in [0.4, 0.5) is 0 Å². The van der Waals surface area contributed by atoms with Crippen LogP contribution in [0.3, 0.4) is 0 Å². The zero-order valence-corrected chi connectivity index (χ0v) is 11.0. The molecule has 1 unspecified atom stereocenters. The summed E-state index contributed by atoms with van der Waals surface area (Å²) in [5, 5.41) is 9.54. The van der Waals surface area contributed by atoms with Crippen molar-refractivity contribution < 1.29 is 14.7 Å². The summed E-state index contributed by atoms with van der Waals surface area (Å²) in [4.78, 5) is 24.2. The van der Waals surface area contributed by atoms with E-state index >= 15 is 0 Å². The molecule has 0 aromatic heterocycles. The van der Waals surface area contributed by atoms with E-state index in [0.29, 0.717) is 24.9 Å². The zero-order chi connectivity index (χ0) is 13.8. The van der Waals surface area contributed by atoms with Gasteiger partial charge < -0.3 is 10.0 Å². The third-order valence-corrected chi connectivity index (χ3v) is 3.25. The predicted molar refractivity (Wildman–Crippen MR) is 69.2 cm³/mol. The van der Waals surface area contributed by atoms with Crippen LogP contribution in [0.25, 0.3) is 0 Å². The molecular formula is C14H19NO3. The third-order valence-electron chi connectivity index (χ3n) is 3.25. The number of amides is 1. The number of rotatable bonds is 6. The van der Waals surface area contributed by atoms with Gasteiger partial charge in [-0.2, -0.15) is 0 Å². The first-order valence-corrected chi connectivity index (χ1v) is 6.00. The number of carbonyl (C=O) groups is 2. The van der Waals surface area contributed by atoms with Gasteiger partial charge in [0.25, 0.3) is 0 Å². The molecule has 0 heterocycles. The van der Waals surface area contributed by atoms with E-state index in [0.717, 1.165) is 5.56 Å². The molecule has 0 bridgehead atoms. The van der Waals surface area contributed by atoms with Gasteiger partial charge in [-0.15, -0.1) is 0 Å². The van der Waals surface area contributed by atoms with Gasteiger partial charge >= 0.3 is 5.97 Å². The number of carbonyl (C=O) groups excluding carboxylic acids is 1. The second-order valence-corrected chi connectivity index (χ2v) is 4.49. The average molecular weight is 249 g/mol. The average Bonchev–Trinajstić information content (AvgIpc) is 2.35. The number of hydrogen-bond acceptors (Lipinski definition) is 2. The van der Waals surface area contributed by atoms with E-state index in [2.05, 4.69) is 0 Å². The van der Waals surface area contributed by atoms with Crippen molar-refractivity contribution >= 4 is 12.4 Å². The molecule has 1 aromatic carbocycles. The molecule has 1 aromatic rings. The Kier molecular flexibility index (Phi) is 4.48. The summed E-state index contributed by atoms with van der Waals surface area (Å²) in [5.74, 6) is -1.02. The molecule has 0 aliphatic carbocycles. The molecule has 1 rings (SSSR count). The monoisotopic (exact) mass is 249 g/mol. The number of carboxylic acids is 1. The van der Waals surface area contributed by atoms with Crippen molar-refractivity contribution in [2.75, 3.05) is 6.54 Å². The molecule has 1 N–H and O–H groups in total. The van der Waals surface area contributed by atoms with Gasteiger partial charge in [-0.3, -0.25) is 4.79 Å². The summed E-state index contributed by atoms with van der Waals surface area (Å²) in [7, 11) is 0. The summed E-state index contributed by atoms with van der Waals surface area (Å²) >= 11 is 0. The first-order chi connectivity index (χ1) is 8.48. The number of benzene rings is 1. The van der Waals surface area contributed by atoms with Crippen molar-refractivity contribution in [3.63, 3.8) is 0 Å². The molecule has 98 valence electrons. The number of aliphatic carboxylic acids is 1. The number of nitrogens with zero attached hydrogens (tertiary/aromatic N) is 1. The molecule has 0 radical (unpaired) electrons. The van der Waals surface area contributed by atoms with E-state index in [-0.39, 0.29) is 0 Å². The fraction of sp³-hybridized carbons (Fsp3) is 0.429. The molecule has 18 heavy (non-hydrogen) atoms. The first-order valence-electron chi connectivity index (χ1n) is 6.00. The Morgan fingerprint density at radius 2 is 2.06 bits per heavy atom. The van der Waals surface area contributed by atoms with Crippen LogP contribution in [0.5, 0.6) is 0 Å². The lowest BCUT2D eigenvalue weighted by atomic mass is 9.87. The Morgan fingerprint density at radius 1 is 1.44 bits per heavy atom. The number of carboxylic acid groups (broad SMARTS) is 1. The molecule has 4 heteroatoms. The fourth-order valence-corrected chi connectivity index (χ4v) is 2.13. The highest BCUT2D eigenvalue weighted by Gasteiger charge is 2.41. The van der Waals surface area contributed by atoms with Crippen LogP contribution in [0.15, 0.2) is 24.3 Å². The van der Waals surface area contributed by atoms with Crippen LogP contribution < -0.4 is 0 Å². The van der Waals surface area contributed by atoms with E-state index in [4.69, 9.17) is 0 Å². The van der Waals surface area contributed by atoms with E-state index in [1.54, 1.807) is 19.1 Å². The number of hydrogen-bond donors (Lipinski definition) is 1. The molecule has 0 saturated heterocycles. The van der Waals surface area contributed by atoms with E-state index < -0.39 is 11.5 Å². The summed E-state index contributed by atoms with van der Waals surface area (Å²) < 4.78 is 0. The minimum Gasteiger partial charge on any atom is -0.479 e. The van der Waals surface area contributed by atoms with Crippen LogP contribution in [-0.4, -0.2) is 28.9 Å². The van der Waals surface area contributed by atoms with Gasteiger partial charge in [-0.25, -0.2) is 4.79 Å². The van der Waals surface area contributed by atoms with E-state index in [1.807, 2.05) is 26.0 Å². The van der Waals surface area contributed by atoms with Crippen molar-refractivity contribution in [1.82, 2.24) is 4.90 Å². The smallest absolute Gasteiger partial charge is 0.334 e. The van der Waals surface area contributed by atoms with Crippen molar-refractivity contribution in [3.8, 4) is 0 Å². The second kappa shape index (κ2) is 5.67. The van der Waals surface area contributed by atoms with E-state index in [1.165, 1.54) is 4.90 Å². The van der Waals surface area contributed by atoms with Gasteiger partial charge in [-0.05, 0) is 31.4 Å². The minimum atomic E-state index is -1.32. The van der Waals surface area contributed by atoms with Crippen LogP contribution in [0.2, 0.25) is 0 Å². The lowest BCUT2D eigenvalue weighted by Crippen LogP contribution is -2.50.